The van der Waals surface area contributed by atoms with Gasteiger partial charge in [-0.05, 0) is 40.7 Å². The van der Waals surface area contributed by atoms with Gasteiger partial charge in [-0.1, -0.05) is 0 Å². The Hall–Kier alpha value is -0.980. The van der Waals surface area contributed by atoms with Crippen LogP contribution in [0.3, 0.4) is 0 Å². The predicted octanol–water partition coefficient (Wildman–Crippen LogP) is 2.22. The van der Waals surface area contributed by atoms with Gasteiger partial charge in [-0.3, -0.25) is 9.69 Å². The van der Waals surface area contributed by atoms with Crippen LogP contribution in [0.4, 0.5) is 0 Å². The number of hydrogen-bond donors (Lipinski definition) is 1. The lowest BCUT2D eigenvalue weighted by atomic mass is 10.1. The van der Waals surface area contributed by atoms with Gasteiger partial charge in [0.25, 0.3) is 0 Å². The molecule has 1 N–H and O–H groups in total. The monoisotopic (exact) mass is 352 g/mol. The van der Waals surface area contributed by atoms with Crippen LogP contribution in [0, 0.1) is 13.8 Å². The Morgan fingerprint density at radius 2 is 2.00 bits per heavy atom. The molecule has 1 saturated heterocycles. The van der Waals surface area contributed by atoms with Crippen LogP contribution in [0.2, 0.25) is 0 Å². The van der Waals surface area contributed by atoms with Crippen molar-refractivity contribution >= 4 is 17.2 Å². The number of likely N-dealkylation sites (N-methyl/N-ethyl adjacent to an activating group) is 1. The fourth-order valence-electron chi connectivity index (χ4n) is 2.99. The second-order valence-electron chi connectivity index (χ2n) is 6.93. The zero-order valence-electron chi connectivity index (χ0n) is 15.6. The molecule has 0 bridgehead atoms. The summed E-state index contributed by atoms with van der Waals surface area (Å²) in [5.41, 5.74) is 1.14. The molecule has 1 aliphatic heterocycles. The average Bonchev–Trinajstić information content (AvgIpc) is 2.88. The first-order valence-corrected chi connectivity index (χ1v) is 9.89. The molecule has 0 saturated carbocycles. The molecule has 0 spiro atoms. The van der Waals surface area contributed by atoms with E-state index in [2.05, 4.69) is 47.9 Å². The zero-order chi connectivity index (χ0) is 17.5. The molecule has 1 unspecified atom stereocenters. The zero-order valence-corrected chi connectivity index (χ0v) is 16.4. The van der Waals surface area contributed by atoms with E-state index in [0.717, 1.165) is 57.7 Å². The maximum Gasteiger partial charge on any atom is 0.220 e. The molecule has 6 heteroatoms. The van der Waals surface area contributed by atoms with Crippen molar-refractivity contribution in [2.24, 2.45) is 0 Å². The number of nitrogens with one attached hydrogen (secondary N) is 1. The van der Waals surface area contributed by atoms with Crippen LogP contribution in [0.25, 0.3) is 0 Å². The van der Waals surface area contributed by atoms with E-state index in [-0.39, 0.29) is 5.91 Å². The van der Waals surface area contributed by atoms with Crippen LogP contribution in [0.5, 0.6) is 0 Å². The van der Waals surface area contributed by atoms with Crippen molar-refractivity contribution in [1.82, 2.24) is 20.1 Å². The largest absolute Gasteiger partial charge is 0.356 e. The molecule has 1 aliphatic rings. The van der Waals surface area contributed by atoms with Crippen molar-refractivity contribution in [2.75, 3.05) is 39.8 Å². The number of piperazine rings is 1. The molecule has 136 valence electrons. The van der Waals surface area contributed by atoms with E-state index in [1.165, 1.54) is 9.88 Å². The molecular weight excluding hydrogens is 320 g/mol. The Bertz CT molecular complexity index is 504. The molecule has 1 aromatic heterocycles. The molecule has 24 heavy (non-hydrogen) atoms. The van der Waals surface area contributed by atoms with Gasteiger partial charge in [0.05, 0.1) is 10.7 Å². The highest BCUT2D eigenvalue weighted by Gasteiger charge is 2.19. The van der Waals surface area contributed by atoms with E-state index in [9.17, 15) is 4.79 Å². The first kappa shape index (κ1) is 19.3. The van der Waals surface area contributed by atoms with E-state index in [0.29, 0.717) is 12.5 Å². The van der Waals surface area contributed by atoms with Crippen molar-refractivity contribution in [2.45, 2.75) is 52.5 Å². The molecule has 2 heterocycles. The first-order valence-electron chi connectivity index (χ1n) is 9.08. The highest BCUT2D eigenvalue weighted by Crippen LogP contribution is 2.17. The Labute approximate surface area is 150 Å². The topological polar surface area (TPSA) is 48.5 Å². The number of carbonyl (C=O) groups excluding carboxylic acids is 1. The predicted molar refractivity (Wildman–Crippen MR) is 101 cm³/mol. The van der Waals surface area contributed by atoms with Crippen molar-refractivity contribution < 1.29 is 4.79 Å². The SMILES string of the molecule is Cc1nc(CCCNC(=O)CCC(C)N2CCN(C)CC2)sc1C. The Kier molecular flexibility index (Phi) is 7.65. The van der Waals surface area contributed by atoms with Gasteiger partial charge in [-0.25, -0.2) is 4.98 Å². The summed E-state index contributed by atoms with van der Waals surface area (Å²) < 4.78 is 0. The summed E-state index contributed by atoms with van der Waals surface area (Å²) in [5, 5.41) is 4.23. The molecule has 0 aliphatic carbocycles. The van der Waals surface area contributed by atoms with Gasteiger partial charge in [0.2, 0.25) is 5.91 Å². The second kappa shape index (κ2) is 9.49. The highest BCUT2D eigenvalue weighted by molar-refractivity contribution is 7.11. The van der Waals surface area contributed by atoms with Crippen LogP contribution in [0.1, 0.15) is 41.8 Å². The molecule has 1 aromatic rings. The van der Waals surface area contributed by atoms with Crippen LogP contribution in [-0.2, 0) is 11.2 Å². The average molecular weight is 353 g/mol. The lowest BCUT2D eigenvalue weighted by Crippen LogP contribution is -2.48. The quantitative estimate of drug-likeness (QED) is 0.729. The smallest absolute Gasteiger partial charge is 0.220 e. The molecule has 1 amide bonds. The van der Waals surface area contributed by atoms with Crippen molar-refractivity contribution in [3.8, 4) is 0 Å². The van der Waals surface area contributed by atoms with Gasteiger partial charge >= 0.3 is 0 Å². The highest BCUT2D eigenvalue weighted by atomic mass is 32.1. The fourth-order valence-corrected chi connectivity index (χ4v) is 3.96. The number of aromatic nitrogens is 1. The number of hydrogen-bond acceptors (Lipinski definition) is 5. The maximum atomic E-state index is 12.0. The van der Waals surface area contributed by atoms with Crippen LogP contribution in [-0.4, -0.2) is 66.5 Å². The molecule has 2 rings (SSSR count). The summed E-state index contributed by atoms with van der Waals surface area (Å²) in [6.07, 6.45) is 3.49. The minimum absolute atomic E-state index is 0.183. The third-order valence-corrected chi connectivity index (χ3v) is 6.05. The number of aryl methyl sites for hydroxylation is 3. The number of nitrogens with zero attached hydrogens (tertiary/aromatic N) is 3. The van der Waals surface area contributed by atoms with Gasteiger partial charge in [0.1, 0.15) is 0 Å². The molecule has 0 radical (unpaired) electrons. The summed E-state index contributed by atoms with van der Waals surface area (Å²) >= 11 is 1.77. The third-order valence-electron chi connectivity index (χ3n) is 4.91. The lowest BCUT2D eigenvalue weighted by molar-refractivity contribution is -0.121. The molecule has 0 aromatic carbocycles. The fraction of sp³-hybridized carbons (Fsp3) is 0.778. The van der Waals surface area contributed by atoms with E-state index in [1.54, 1.807) is 11.3 Å². The minimum atomic E-state index is 0.183. The summed E-state index contributed by atoms with van der Waals surface area (Å²) in [6.45, 7) is 11.7. The Morgan fingerprint density at radius 1 is 1.29 bits per heavy atom. The lowest BCUT2D eigenvalue weighted by Gasteiger charge is -2.36. The van der Waals surface area contributed by atoms with Crippen molar-refractivity contribution in [3.63, 3.8) is 0 Å². The van der Waals surface area contributed by atoms with E-state index < -0.39 is 0 Å². The Morgan fingerprint density at radius 3 is 2.62 bits per heavy atom. The van der Waals surface area contributed by atoms with E-state index >= 15 is 0 Å². The number of rotatable bonds is 8. The van der Waals surface area contributed by atoms with Crippen molar-refractivity contribution in [1.29, 1.82) is 0 Å². The molecule has 1 atom stereocenters. The minimum Gasteiger partial charge on any atom is -0.356 e. The van der Waals surface area contributed by atoms with E-state index in [4.69, 9.17) is 0 Å². The van der Waals surface area contributed by atoms with Gasteiger partial charge < -0.3 is 10.2 Å². The standard InChI is InChI=1S/C18H32N4OS/c1-14(22-12-10-21(4)11-13-22)7-8-17(23)19-9-5-6-18-20-15(2)16(3)24-18/h14H,5-13H2,1-4H3,(H,19,23). The first-order chi connectivity index (χ1) is 11.5. The van der Waals surface area contributed by atoms with Crippen molar-refractivity contribution in [3.05, 3.63) is 15.6 Å². The molecule has 1 fully saturated rings. The summed E-state index contributed by atoms with van der Waals surface area (Å²) in [5.74, 6) is 0.183. The van der Waals surface area contributed by atoms with Crippen LogP contribution < -0.4 is 5.32 Å². The summed E-state index contributed by atoms with van der Waals surface area (Å²) in [6, 6.07) is 0.491. The van der Waals surface area contributed by atoms with Gasteiger partial charge in [-0.2, -0.15) is 0 Å². The summed E-state index contributed by atoms with van der Waals surface area (Å²) in [4.78, 5) is 22.7. The molecular formula is C18H32N4OS. The maximum absolute atomic E-state index is 12.0. The Balaban J connectivity index is 1.56. The second-order valence-corrected chi connectivity index (χ2v) is 8.22. The third kappa shape index (κ3) is 6.15. The number of carbonyl (C=O) groups is 1. The summed E-state index contributed by atoms with van der Waals surface area (Å²) in [7, 11) is 2.17. The van der Waals surface area contributed by atoms with Gasteiger partial charge in [0.15, 0.2) is 0 Å². The van der Waals surface area contributed by atoms with Crippen LogP contribution >= 0.6 is 11.3 Å². The van der Waals surface area contributed by atoms with Gasteiger partial charge in [-0.15, -0.1) is 11.3 Å². The number of thiazole rings is 1. The normalized spacial score (nSPS) is 17.8. The van der Waals surface area contributed by atoms with Crippen LogP contribution in [0.15, 0.2) is 0 Å². The van der Waals surface area contributed by atoms with E-state index in [1.807, 2.05) is 0 Å². The van der Waals surface area contributed by atoms with Gasteiger partial charge in [0, 0.05) is 56.5 Å². The number of amides is 1. The molecule has 5 nitrogen and oxygen atoms in total.